The summed E-state index contributed by atoms with van der Waals surface area (Å²) in [5.41, 5.74) is 3.12. The van der Waals surface area contributed by atoms with E-state index in [0.29, 0.717) is 29.7 Å². The lowest BCUT2D eigenvalue weighted by Crippen LogP contribution is -2.10. The van der Waals surface area contributed by atoms with Crippen LogP contribution in [0.25, 0.3) is 11.5 Å². The molecule has 1 aliphatic carbocycles. The zero-order chi connectivity index (χ0) is 25.2. The Bertz CT molecular complexity index is 1370. The van der Waals surface area contributed by atoms with E-state index in [1.165, 1.54) is 12.1 Å². The number of aromatic nitrogens is 5. The maximum atomic E-state index is 14.8. The molecule has 0 radical (unpaired) electrons. The Kier molecular flexibility index (Phi) is 6.49. The van der Waals surface area contributed by atoms with Gasteiger partial charge in [0.15, 0.2) is 17.4 Å². The van der Waals surface area contributed by atoms with E-state index in [1.807, 2.05) is 19.1 Å². The Morgan fingerprint density at radius 1 is 1.14 bits per heavy atom. The maximum absolute atomic E-state index is 14.8. The van der Waals surface area contributed by atoms with E-state index >= 15 is 0 Å². The summed E-state index contributed by atoms with van der Waals surface area (Å²) in [5.74, 6) is 0.439. The molecule has 1 saturated carbocycles. The molecule has 0 atom stereocenters. The van der Waals surface area contributed by atoms with Crippen molar-refractivity contribution >= 4 is 11.5 Å². The van der Waals surface area contributed by atoms with Crippen LogP contribution in [0.4, 0.5) is 20.3 Å². The molecular weight excluding hydrogens is 466 g/mol. The first kappa shape index (κ1) is 23.7. The van der Waals surface area contributed by atoms with Crippen LogP contribution < -0.4 is 14.8 Å². The van der Waals surface area contributed by atoms with E-state index in [-0.39, 0.29) is 23.8 Å². The van der Waals surface area contributed by atoms with Gasteiger partial charge in [0.05, 0.1) is 26.5 Å². The third-order valence-electron chi connectivity index (χ3n) is 6.07. The summed E-state index contributed by atoms with van der Waals surface area (Å²) >= 11 is 0. The Balaban J connectivity index is 1.53. The summed E-state index contributed by atoms with van der Waals surface area (Å²) in [7, 11) is 1.54. The molecule has 0 spiro atoms. The molecule has 0 amide bonds. The van der Waals surface area contributed by atoms with Crippen molar-refractivity contribution in [3.8, 4) is 23.0 Å². The molecule has 3 heterocycles. The highest BCUT2D eigenvalue weighted by Crippen LogP contribution is 2.44. The predicted molar refractivity (Wildman–Crippen MR) is 131 cm³/mol. The number of pyridine rings is 1. The topological polar surface area (TPSA) is 87.0 Å². The Morgan fingerprint density at radius 2 is 1.86 bits per heavy atom. The molecule has 1 aromatic carbocycles. The van der Waals surface area contributed by atoms with E-state index in [1.54, 1.807) is 37.3 Å². The summed E-state index contributed by atoms with van der Waals surface area (Å²) in [5, 5.41) is 7.95. The smallest absolute Gasteiger partial charge is 0.182 e. The highest BCUT2D eigenvalue weighted by molar-refractivity contribution is 5.66. The maximum Gasteiger partial charge on any atom is 0.182 e. The van der Waals surface area contributed by atoms with Crippen LogP contribution >= 0.6 is 0 Å². The molecule has 0 unspecified atom stereocenters. The molecule has 0 saturated heterocycles. The van der Waals surface area contributed by atoms with Crippen molar-refractivity contribution in [2.75, 3.05) is 19.0 Å². The van der Waals surface area contributed by atoms with Crippen molar-refractivity contribution in [2.45, 2.75) is 39.2 Å². The number of nitrogens with one attached hydrogen (secondary N) is 1. The van der Waals surface area contributed by atoms with E-state index in [4.69, 9.17) is 14.6 Å². The van der Waals surface area contributed by atoms with Crippen LogP contribution in [-0.2, 0) is 6.54 Å². The van der Waals surface area contributed by atoms with Crippen LogP contribution in [0.1, 0.15) is 42.5 Å². The minimum Gasteiger partial charge on any atom is -0.494 e. The summed E-state index contributed by atoms with van der Waals surface area (Å²) in [6.07, 6.45) is 6.91. The van der Waals surface area contributed by atoms with Crippen LogP contribution in [0, 0.1) is 18.6 Å². The molecular formula is C26H26F2N6O2. The van der Waals surface area contributed by atoms with E-state index in [2.05, 4.69) is 20.3 Å². The number of hydrogen-bond donors (Lipinski definition) is 1. The summed E-state index contributed by atoms with van der Waals surface area (Å²) in [4.78, 5) is 13.2. The van der Waals surface area contributed by atoms with Gasteiger partial charge in [0.25, 0.3) is 0 Å². The number of ether oxygens (including phenoxy) is 2. The fourth-order valence-electron chi connectivity index (χ4n) is 4.20. The lowest BCUT2D eigenvalue weighted by molar-refractivity contribution is 0.335. The van der Waals surface area contributed by atoms with Crippen molar-refractivity contribution in [2.24, 2.45) is 0 Å². The number of nitrogens with zero attached hydrogens (tertiary/aromatic N) is 5. The summed E-state index contributed by atoms with van der Waals surface area (Å²) < 4.78 is 42.0. The average Bonchev–Trinajstić information content (AvgIpc) is 3.65. The third-order valence-corrected chi connectivity index (χ3v) is 6.07. The molecule has 5 rings (SSSR count). The molecule has 1 N–H and O–H groups in total. The molecule has 0 bridgehead atoms. The lowest BCUT2D eigenvalue weighted by atomic mass is 10.1. The zero-order valence-corrected chi connectivity index (χ0v) is 20.3. The quantitative estimate of drug-likeness (QED) is 0.335. The fourth-order valence-corrected chi connectivity index (χ4v) is 4.20. The van der Waals surface area contributed by atoms with Crippen LogP contribution in [0.3, 0.4) is 0 Å². The number of hydrogen-bond acceptors (Lipinski definition) is 7. The first-order valence-electron chi connectivity index (χ1n) is 11.7. The SMILES string of the molecule is CCOc1cc(F)c(Cn2nc(-c3ncc(OC)c(Nc4ccncc4)n3)c(C)c2C2CC2)c(F)c1. The summed E-state index contributed by atoms with van der Waals surface area (Å²) in [6, 6.07) is 6.04. The van der Waals surface area contributed by atoms with Crippen LogP contribution in [-0.4, -0.2) is 38.4 Å². The first-order valence-corrected chi connectivity index (χ1v) is 11.7. The molecule has 0 aliphatic heterocycles. The van der Waals surface area contributed by atoms with Crippen LogP contribution in [0.5, 0.6) is 11.5 Å². The van der Waals surface area contributed by atoms with Gasteiger partial charge in [-0.3, -0.25) is 9.67 Å². The van der Waals surface area contributed by atoms with Crippen LogP contribution in [0.2, 0.25) is 0 Å². The minimum atomic E-state index is -0.667. The fraction of sp³-hybridized carbons (Fsp3) is 0.308. The second-order valence-corrected chi connectivity index (χ2v) is 8.56. The molecule has 1 fully saturated rings. The Hall–Kier alpha value is -4.08. The molecule has 8 nitrogen and oxygen atoms in total. The molecule has 3 aromatic heterocycles. The van der Waals surface area contributed by atoms with Crippen molar-refractivity contribution in [3.63, 3.8) is 0 Å². The number of methoxy groups -OCH3 is 1. The van der Waals surface area contributed by atoms with Gasteiger partial charge >= 0.3 is 0 Å². The van der Waals surface area contributed by atoms with Gasteiger partial charge in [0.1, 0.15) is 23.1 Å². The lowest BCUT2D eigenvalue weighted by Gasteiger charge is -2.11. The third kappa shape index (κ3) is 4.71. The average molecular weight is 493 g/mol. The van der Waals surface area contributed by atoms with Crippen LogP contribution in [0.15, 0.2) is 42.9 Å². The summed E-state index contributed by atoms with van der Waals surface area (Å²) in [6.45, 7) is 3.99. The standard InChI is InChI=1S/C26H26F2N6O2/c1-4-36-18-11-20(27)19(21(28)12-18)14-34-24(16-5-6-16)15(2)23(33-34)26-30-13-22(35-3)25(32-26)31-17-7-9-29-10-8-17/h7-13,16H,4-6,14H2,1-3H3,(H,29,30,31,32). The highest BCUT2D eigenvalue weighted by Gasteiger charge is 2.32. The Labute approximate surface area is 207 Å². The van der Waals surface area contributed by atoms with Crippen molar-refractivity contribution in [3.05, 3.63) is 71.3 Å². The van der Waals surface area contributed by atoms with E-state index in [9.17, 15) is 8.78 Å². The normalized spacial score (nSPS) is 13.0. The van der Waals surface area contributed by atoms with Gasteiger partial charge in [0.2, 0.25) is 0 Å². The minimum absolute atomic E-state index is 0.0466. The monoisotopic (exact) mass is 492 g/mol. The second kappa shape index (κ2) is 9.88. The number of anilines is 2. The van der Waals surface area contributed by atoms with Gasteiger partial charge < -0.3 is 14.8 Å². The van der Waals surface area contributed by atoms with Crippen molar-refractivity contribution in [1.29, 1.82) is 0 Å². The van der Waals surface area contributed by atoms with Crippen molar-refractivity contribution in [1.82, 2.24) is 24.7 Å². The predicted octanol–water partition coefficient (Wildman–Crippen LogP) is 5.40. The van der Waals surface area contributed by atoms with Gasteiger partial charge in [-0.05, 0) is 38.8 Å². The van der Waals surface area contributed by atoms with Crippen molar-refractivity contribution < 1.29 is 18.3 Å². The zero-order valence-electron chi connectivity index (χ0n) is 20.3. The molecule has 1 aliphatic rings. The van der Waals surface area contributed by atoms with E-state index < -0.39 is 11.6 Å². The largest absolute Gasteiger partial charge is 0.494 e. The van der Waals surface area contributed by atoms with E-state index in [0.717, 1.165) is 29.8 Å². The molecule has 186 valence electrons. The second-order valence-electron chi connectivity index (χ2n) is 8.56. The molecule has 4 aromatic rings. The number of halogens is 2. The number of rotatable bonds is 9. The molecule has 36 heavy (non-hydrogen) atoms. The Morgan fingerprint density at radius 3 is 2.50 bits per heavy atom. The van der Waals surface area contributed by atoms with Gasteiger partial charge in [-0.2, -0.15) is 5.10 Å². The van der Waals surface area contributed by atoms with Gasteiger partial charge in [-0.1, -0.05) is 0 Å². The van der Waals surface area contributed by atoms with Gasteiger partial charge in [-0.15, -0.1) is 0 Å². The number of benzene rings is 1. The first-order chi connectivity index (χ1) is 17.5. The van der Waals surface area contributed by atoms with Gasteiger partial charge in [-0.25, -0.2) is 18.7 Å². The highest BCUT2D eigenvalue weighted by atomic mass is 19.1. The van der Waals surface area contributed by atoms with Gasteiger partial charge in [0, 0.05) is 53.0 Å². The molecule has 10 heteroatoms.